The van der Waals surface area contributed by atoms with Crippen LogP contribution in [0.1, 0.15) is 11.1 Å². The average molecular weight is 570 g/mol. The molecule has 5 heteroatoms. The third kappa shape index (κ3) is 3.36. The van der Waals surface area contributed by atoms with Crippen LogP contribution in [0.15, 0.2) is 89.7 Å². The summed E-state index contributed by atoms with van der Waals surface area (Å²) in [5.74, 6) is 1.06. The Hall–Kier alpha value is -3.14. The van der Waals surface area contributed by atoms with Crippen molar-refractivity contribution in [2.24, 2.45) is 4.99 Å². The van der Waals surface area contributed by atoms with Gasteiger partial charge in [0.2, 0.25) is 5.84 Å². The summed E-state index contributed by atoms with van der Waals surface area (Å²) in [5, 5.41) is 0. The van der Waals surface area contributed by atoms with Gasteiger partial charge in [0.25, 0.3) is 0 Å². The number of aliphatic imine (C=N–C) groups is 1. The van der Waals surface area contributed by atoms with E-state index in [-0.39, 0.29) is 20.1 Å². The smallest absolute Gasteiger partial charge is 0.211 e. The van der Waals surface area contributed by atoms with Gasteiger partial charge < -0.3 is 9.48 Å². The van der Waals surface area contributed by atoms with Crippen LogP contribution in [-0.2, 0) is 20.1 Å². The standard InChI is InChI=1S/C25H21N4.Ir/c1-19-10-9-11-20(2)24(19)27-17-26-16-23-25(27)29(22-14-7-4-8-15-22)18-28(23)21-12-5-3-6-13-21;/h3-12,14-18H,1-2H3;/q-1;. The molecule has 2 aliphatic heterocycles. The molecule has 2 aliphatic rings. The maximum Gasteiger partial charge on any atom is 0.211 e. The predicted molar refractivity (Wildman–Crippen MR) is 118 cm³/mol. The number of amidine groups is 1. The number of hydrogen-bond acceptors (Lipinski definition) is 3. The molecular weight excluding hydrogens is 549 g/mol. The van der Waals surface area contributed by atoms with Crippen LogP contribution in [0.4, 0.5) is 17.1 Å². The second-order valence-electron chi connectivity index (χ2n) is 7.15. The molecule has 0 atom stereocenters. The largest absolute Gasteiger partial charge is 0.363 e. The summed E-state index contributed by atoms with van der Waals surface area (Å²) >= 11 is 0. The SMILES string of the molecule is Cc1cccc(C)c1N1C=NC=C2C1=[N+](c1ccccc1)[CH-]N2c1[c-]cccc1.[Ir]. The topological polar surface area (TPSA) is 21.9 Å². The number of para-hydroxylation sites is 3. The Morgan fingerprint density at radius 1 is 0.900 bits per heavy atom. The molecule has 0 unspecified atom stereocenters. The first-order chi connectivity index (χ1) is 14.2. The van der Waals surface area contributed by atoms with Gasteiger partial charge in [-0.3, -0.25) is 0 Å². The van der Waals surface area contributed by atoms with Crippen molar-refractivity contribution in [3.8, 4) is 0 Å². The van der Waals surface area contributed by atoms with Gasteiger partial charge in [-0.15, -0.1) is 6.07 Å². The van der Waals surface area contributed by atoms with E-state index in [0.717, 1.165) is 28.6 Å². The fourth-order valence-electron chi connectivity index (χ4n) is 3.90. The maximum atomic E-state index is 4.58. The Kier molecular flexibility index (Phi) is 5.58. The van der Waals surface area contributed by atoms with Crippen LogP contribution in [0.3, 0.4) is 0 Å². The van der Waals surface area contributed by atoms with Gasteiger partial charge in [-0.1, -0.05) is 54.2 Å². The summed E-state index contributed by atoms with van der Waals surface area (Å²) in [4.78, 5) is 8.90. The first-order valence-electron chi connectivity index (χ1n) is 9.65. The molecule has 0 aromatic heterocycles. The molecule has 0 amide bonds. The molecule has 4 nitrogen and oxygen atoms in total. The van der Waals surface area contributed by atoms with Gasteiger partial charge in [0.1, 0.15) is 5.69 Å². The van der Waals surface area contributed by atoms with Gasteiger partial charge in [0.15, 0.2) is 6.34 Å². The van der Waals surface area contributed by atoms with Crippen LogP contribution >= 0.6 is 0 Å². The normalized spacial score (nSPS) is 14.8. The zero-order valence-corrected chi connectivity index (χ0v) is 19.2. The van der Waals surface area contributed by atoms with E-state index in [2.05, 4.69) is 94.5 Å². The molecule has 0 aliphatic carbocycles. The summed E-state index contributed by atoms with van der Waals surface area (Å²) < 4.78 is 2.21. The Balaban J connectivity index is 0.00000218. The van der Waals surface area contributed by atoms with Crippen LogP contribution in [0, 0.1) is 26.6 Å². The molecular formula is C25H21IrN4-. The summed E-state index contributed by atoms with van der Waals surface area (Å²) in [6.07, 6.45) is 3.82. The second kappa shape index (κ2) is 8.31. The monoisotopic (exact) mass is 570 g/mol. The summed E-state index contributed by atoms with van der Waals surface area (Å²) in [7, 11) is 0. The number of benzene rings is 3. The van der Waals surface area contributed by atoms with Crippen LogP contribution in [-0.4, -0.2) is 16.7 Å². The van der Waals surface area contributed by atoms with Crippen molar-refractivity contribution in [1.82, 2.24) is 0 Å². The minimum absolute atomic E-state index is 0. The van der Waals surface area contributed by atoms with Gasteiger partial charge in [-0.2, -0.15) is 24.3 Å². The average Bonchev–Trinajstić information content (AvgIpc) is 3.15. The Bertz CT molecular complexity index is 1130. The van der Waals surface area contributed by atoms with Crippen molar-refractivity contribution in [3.63, 3.8) is 0 Å². The molecule has 0 N–H and O–H groups in total. The van der Waals surface area contributed by atoms with E-state index in [9.17, 15) is 0 Å². The number of hydrogen-bond donors (Lipinski definition) is 0. The molecule has 0 saturated carbocycles. The Labute approximate surface area is 190 Å². The second-order valence-corrected chi connectivity index (χ2v) is 7.15. The van der Waals surface area contributed by atoms with Gasteiger partial charge in [0, 0.05) is 32.0 Å². The fourth-order valence-corrected chi connectivity index (χ4v) is 3.90. The summed E-state index contributed by atoms with van der Waals surface area (Å²) in [6.45, 7) is 6.39. The third-order valence-corrected chi connectivity index (χ3v) is 5.22. The van der Waals surface area contributed by atoms with E-state index in [1.54, 1.807) is 0 Å². The van der Waals surface area contributed by atoms with Gasteiger partial charge in [-0.25, -0.2) is 9.89 Å². The molecule has 0 saturated heterocycles. The van der Waals surface area contributed by atoms with Crippen LogP contribution < -0.4 is 9.80 Å². The van der Waals surface area contributed by atoms with E-state index in [4.69, 9.17) is 0 Å². The Morgan fingerprint density at radius 2 is 1.63 bits per heavy atom. The van der Waals surface area contributed by atoms with Crippen molar-refractivity contribution >= 4 is 29.2 Å². The first kappa shape index (κ1) is 20.1. The number of rotatable bonds is 3. The fraction of sp³-hybridized carbons (Fsp3) is 0.0800. The zero-order valence-electron chi connectivity index (χ0n) is 16.8. The van der Waals surface area contributed by atoms with E-state index in [1.165, 1.54) is 11.1 Å². The Morgan fingerprint density at radius 3 is 2.33 bits per heavy atom. The minimum atomic E-state index is 0. The van der Waals surface area contributed by atoms with Gasteiger partial charge in [0.05, 0.1) is 12.4 Å². The molecule has 3 aromatic rings. The molecule has 3 aromatic carbocycles. The predicted octanol–water partition coefficient (Wildman–Crippen LogP) is 5.17. The van der Waals surface area contributed by atoms with Crippen molar-refractivity contribution in [1.29, 1.82) is 0 Å². The first-order valence-corrected chi connectivity index (χ1v) is 9.65. The van der Waals surface area contributed by atoms with Gasteiger partial charge >= 0.3 is 0 Å². The third-order valence-electron chi connectivity index (χ3n) is 5.22. The molecule has 2 heterocycles. The van der Waals surface area contributed by atoms with Crippen LogP contribution in [0.2, 0.25) is 0 Å². The van der Waals surface area contributed by atoms with Gasteiger partial charge in [-0.05, 0) is 25.0 Å². The number of anilines is 2. The molecule has 5 rings (SSSR count). The quantitative estimate of drug-likeness (QED) is 0.321. The van der Waals surface area contributed by atoms with E-state index in [1.807, 2.05) is 36.8 Å². The van der Waals surface area contributed by atoms with E-state index in [0.29, 0.717) is 0 Å². The number of aryl methyl sites for hydroxylation is 2. The molecule has 30 heavy (non-hydrogen) atoms. The van der Waals surface area contributed by atoms with Crippen LogP contribution in [0.25, 0.3) is 0 Å². The molecule has 0 bridgehead atoms. The molecule has 0 spiro atoms. The minimum Gasteiger partial charge on any atom is -0.363 e. The number of fused-ring (bicyclic) bond motifs is 1. The maximum absolute atomic E-state index is 4.58. The molecule has 0 fully saturated rings. The molecule has 1 radical (unpaired) electrons. The van der Waals surface area contributed by atoms with E-state index < -0.39 is 0 Å². The van der Waals surface area contributed by atoms with Crippen LogP contribution in [0.5, 0.6) is 0 Å². The van der Waals surface area contributed by atoms with Crippen molar-refractivity contribution < 1.29 is 24.7 Å². The summed E-state index contributed by atoms with van der Waals surface area (Å²) in [6, 6.07) is 28.1. The molecule has 151 valence electrons. The number of nitrogens with zero attached hydrogens (tertiary/aromatic N) is 4. The van der Waals surface area contributed by atoms with E-state index >= 15 is 0 Å². The van der Waals surface area contributed by atoms with Crippen molar-refractivity contribution in [2.75, 3.05) is 9.80 Å². The summed E-state index contributed by atoms with van der Waals surface area (Å²) in [5.41, 5.74) is 6.67. The van der Waals surface area contributed by atoms with Crippen molar-refractivity contribution in [3.05, 3.63) is 109 Å². The zero-order chi connectivity index (χ0) is 19.8. The van der Waals surface area contributed by atoms with Crippen molar-refractivity contribution in [2.45, 2.75) is 13.8 Å².